The van der Waals surface area contributed by atoms with Crippen LogP contribution in [0.15, 0.2) is 64.3 Å². The van der Waals surface area contributed by atoms with E-state index >= 15 is 0 Å². The summed E-state index contributed by atoms with van der Waals surface area (Å²) in [4.78, 5) is 24.0. The van der Waals surface area contributed by atoms with Gasteiger partial charge in [0.15, 0.2) is 18.1 Å². The summed E-state index contributed by atoms with van der Waals surface area (Å²) in [5, 5.41) is 4.66. The number of carbonyl (C=O) groups is 2. The lowest BCUT2D eigenvalue weighted by Crippen LogP contribution is -2.24. The Balaban J connectivity index is 1.58. The van der Waals surface area contributed by atoms with Crippen molar-refractivity contribution in [2.45, 2.75) is 6.92 Å². The van der Waals surface area contributed by atoms with Gasteiger partial charge in [-0.15, -0.1) is 0 Å². The number of hydrogen-bond acceptors (Lipinski definition) is 7. The van der Waals surface area contributed by atoms with Gasteiger partial charge in [-0.1, -0.05) is 23.2 Å². The molecule has 1 N–H and O–H groups in total. The molecule has 2 aromatic carbocycles. The van der Waals surface area contributed by atoms with Crippen LogP contribution in [0.1, 0.15) is 23.0 Å². The molecule has 0 saturated heterocycles. The zero-order chi connectivity index (χ0) is 22.9. The Morgan fingerprint density at radius 1 is 1.06 bits per heavy atom. The summed E-state index contributed by atoms with van der Waals surface area (Å²) in [5.41, 5.74) is 2.95. The molecule has 0 fully saturated rings. The quantitative estimate of drug-likeness (QED) is 0.207. The summed E-state index contributed by atoms with van der Waals surface area (Å²) < 4.78 is 21.2. The number of nitrogens with zero attached hydrogens (tertiary/aromatic N) is 1. The van der Waals surface area contributed by atoms with Gasteiger partial charge in [0.25, 0.3) is 5.91 Å². The minimum atomic E-state index is -0.649. The van der Waals surface area contributed by atoms with Crippen molar-refractivity contribution in [3.05, 3.63) is 76.2 Å². The van der Waals surface area contributed by atoms with Crippen molar-refractivity contribution in [1.29, 1.82) is 0 Å². The molecule has 8 nitrogen and oxygen atoms in total. The SMILES string of the molecule is CCOc1cc(C=NNC(=O)COc2cc(Cl)ccc2Cl)ccc1OC(=O)c1ccco1. The van der Waals surface area contributed by atoms with Crippen LogP contribution in [0, 0.1) is 0 Å². The first-order valence-electron chi connectivity index (χ1n) is 9.38. The molecule has 0 atom stereocenters. The zero-order valence-corrected chi connectivity index (χ0v) is 18.4. The summed E-state index contributed by atoms with van der Waals surface area (Å²) in [6, 6.07) is 12.6. The molecule has 0 aliphatic rings. The number of hydrogen-bond donors (Lipinski definition) is 1. The number of nitrogens with one attached hydrogen (secondary N) is 1. The van der Waals surface area contributed by atoms with Gasteiger partial charge in [-0.2, -0.15) is 5.10 Å². The average molecular weight is 477 g/mol. The predicted octanol–water partition coefficient (Wildman–Crippen LogP) is 4.73. The van der Waals surface area contributed by atoms with Gasteiger partial charge >= 0.3 is 5.97 Å². The third-order valence-electron chi connectivity index (χ3n) is 3.85. The minimum absolute atomic E-state index is 0.0714. The molecule has 1 heterocycles. The number of hydrazone groups is 1. The van der Waals surface area contributed by atoms with Gasteiger partial charge < -0.3 is 18.6 Å². The molecule has 10 heteroatoms. The molecular weight excluding hydrogens is 459 g/mol. The van der Waals surface area contributed by atoms with Crippen molar-refractivity contribution in [2.75, 3.05) is 13.2 Å². The third-order valence-corrected chi connectivity index (χ3v) is 4.39. The Hall–Kier alpha value is -3.49. The van der Waals surface area contributed by atoms with E-state index in [1.807, 2.05) is 0 Å². The number of ether oxygens (including phenoxy) is 3. The van der Waals surface area contributed by atoms with Gasteiger partial charge in [-0.3, -0.25) is 4.79 Å². The topological polar surface area (TPSA) is 99.4 Å². The number of furan rings is 1. The molecule has 0 aliphatic carbocycles. The van der Waals surface area contributed by atoms with Crippen molar-refractivity contribution in [2.24, 2.45) is 5.10 Å². The molecule has 3 rings (SSSR count). The standard InChI is InChI=1S/C22H18Cl2N2O6/c1-2-29-20-10-14(5-8-17(20)32-22(28)18-4-3-9-30-18)12-25-26-21(27)13-31-19-11-15(23)6-7-16(19)24/h3-12H,2,13H2,1H3,(H,26,27). The zero-order valence-electron chi connectivity index (χ0n) is 16.8. The molecule has 32 heavy (non-hydrogen) atoms. The first kappa shape index (κ1) is 23.2. The Labute approximate surface area is 193 Å². The van der Waals surface area contributed by atoms with E-state index in [2.05, 4.69) is 10.5 Å². The molecular formula is C22H18Cl2N2O6. The average Bonchev–Trinajstić information content (AvgIpc) is 3.31. The van der Waals surface area contributed by atoms with E-state index in [1.54, 1.807) is 43.3 Å². The highest BCUT2D eigenvalue weighted by molar-refractivity contribution is 6.34. The maximum Gasteiger partial charge on any atom is 0.379 e. The van der Waals surface area contributed by atoms with Gasteiger partial charge in [0.05, 0.1) is 24.1 Å². The minimum Gasteiger partial charge on any atom is -0.490 e. The van der Waals surface area contributed by atoms with Crippen molar-refractivity contribution >= 4 is 41.3 Å². The fourth-order valence-corrected chi connectivity index (χ4v) is 2.78. The van der Waals surface area contributed by atoms with Gasteiger partial charge in [0.1, 0.15) is 5.75 Å². The second-order valence-corrected chi connectivity index (χ2v) is 7.01. The van der Waals surface area contributed by atoms with E-state index in [4.69, 9.17) is 41.8 Å². The lowest BCUT2D eigenvalue weighted by molar-refractivity contribution is -0.123. The van der Waals surface area contributed by atoms with E-state index in [-0.39, 0.29) is 18.1 Å². The molecule has 1 amide bonds. The lowest BCUT2D eigenvalue weighted by Gasteiger charge is -2.10. The molecule has 3 aromatic rings. The van der Waals surface area contributed by atoms with Crippen LogP contribution in [-0.2, 0) is 4.79 Å². The van der Waals surface area contributed by atoms with Crippen molar-refractivity contribution in [1.82, 2.24) is 5.43 Å². The Kier molecular flexibility index (Phi) is 8.13. The van der Waals surface area contributed by atoms with Gasteiger partial charge in [0.2, 0.25) is 5.76 Å². The maximum atomic E-state index is 12.1. The van der Waals surface area contributed by atoms with Crippen LogP contribution in [0.5, 0.6) is 17.2 Å². The van der Waals surface area contributed by atoms with Crippen LogP contribution in [-0.4, -0.2) is 31.3 Å². The van der Waals surface area contributed by atoms with Crippen molar-refractivity contribution in [3.8, 4) is 17.2 Å². The van der Waals surface area contributed by atoms with E-state index < -0.39 is 11.9 Å². The fourth-order valence-electron chi connectivity index (χ4n) is 2.44. The highest BCUT2D eigenvalue weighted by Gasteiger charge is 2.15. The number of amides is 1. The van der Waals surface area contributed by atoms with Crippen molar-refractivity contribution < 1.29 is 28.2 Å². The monoisotopic (exact) mass is 476 g/mol. The third kappa shape index (κ3) is 6.50. The smallest absolute Gasteiger partial charge is 0.379 e. The largest absolute Gasteiger partial charge is 0.490 e. The first-order valence-corrected chi connectivity index (χ1v) is 10.1. The first-order chi connectivity index (χ1) is 15.5. The fraction of sp³-hybridized carbons (Fsp3) is 0.136. The lowest BCUT2D eigenvalue weighted by atomic mass is 10.2. The van der Waals surface area contributed by atoms with Crippen LogP contribution in [0.3, 0.4) is 0 Å². The van der Waals surface area contributed by atoms with E-state index in [9.17, 15) is 9.59 Å². The van der Waals surface area contributed by atoms with Gasteiger partial charge in [-0.25, -0.2) is 10.2 Å². The normalized spacial score (nSPS) is 10.7. The van der Waals surface area contributed by atoms with E-state index in [0.29, 0.717) is 33.7 Å². The van der Waals surface area contributed by atoms with Crippen LogP contribution in [0.25, 0.3) is 0 Å². The summed E-state index contributed by atoms with van der Waals surface area (Å²) in [5.74, 6) is -0.222. The van der Waals surface area contributed by atoms with E-state index in [0.717, 1.165) is 0 Å². The summed E-state index contributed by atoms with van der Waals surface area (Å²) in [6.07, 6.45) is 2.79. The van der Waals surface area contributed by atoms with Crippen LogP contribution in [0.4, 0.5) is 0 Å². The predicted molar refractivity (Wildman–Crippen MR) is 119 cm³/mol. The van der Waals surface area contributed by atoms with E-state index in [1.165, 1.54) is 24.6 Å². The molecule has 0 spiro atoms. The number of carbonyl (C=O) groups excluding carboxylic acids is 2. The highest BCUT2D eigenvalue weighted by atomic mass is 35.5. The molecule has 0 saturated carbocycles. The highest BCUT2D eigenvalue weighted by Crippen LogP contribution is 2.29. The molecule has 0 bridgehead atoms. The number of benzene rings is 2. The number of rotatable bonds is 9. The maximum absolute atomic E-state index is 12.1. The summed E-state index contributed by atoms with van der Waals surface area (Å²) in [6.45, 7) is 1.85. The van der Waals surface area contributed by atoms with Crippen molar-refractivity contribution in [3.63, 3.8) is 0 Å². The second-order valence-electron chi connectivity index (χ2n) is 6.16. The number of esters is 1. The molecule has 1 aromatic heterocycles. The number of halogens is 2. The second kappa shape index (κ2) is 11.2. The van der Waals surface area contributed by atoms with Gasteiger partial charge in [-0.05, 0) is 55.0 Å². The molecule has 166 valence electrons. The summed E-state index contributed by atoms with van der Waals surface area (Å²) in [7, 11) is 0. The van der Waals surface area contributed by atoms with Gasteiger partial charge in [0, 0.05) is 11.1 Å². The molecule has 0 unspecified atom stereocenters. The molecule has 0 aliphatic heterocycles. The van der Waals surface area contributed by atoms with Crippen LogP contribution in [0.2, 0.25) is 10.0 Å². The Morgan fingerprint density at radius 2 is 1.91 bits per heavy atom. The molecule has 0 radical (unpaired) electrons. The summed E-state index contributed by atoms with van der Waals surface area (Å²) >= 11 is 11.9. The van der Waals surface area contributed by atoms with Crippen LogP contribution >= 0.6 is 23.2 Å². The Morgan fingerprint density at radius 3 is 2.66 bits per heavy atom. The van der Waals surface area contributed by atoms with Crippen LogP contribution < -0.4 is 19.6 Å². The Bertz CT molecular complexity index is 1120.